The van der Waals surface area contributed by atoms with Gasteiger partial charge in [-0.25, -0.2) is 5.09 Å². The highest BCUT2D eigenvalue weighted by atomic mass is 32.5. The molecule has 0 saturated heterocycles. The minimum atomic E-state index is -3.40. The summed E-state index contributed by atoms with van der Waals surface area (Å²) in [7, 11) is 0. The molecule has 4 N–H and O–H groups in total. The monoisotopic (exact) mass is 185 g/mol. The summed E-state index contributed by atoms with van der Waals surface area (Å²) in [5, 5.41) is 10.2. The SMILES string of the molecule is O=C(O)CCNP(O)(O)=S. The standard InChI is InChI=1S/C3H8NO4PS/c5-3(6)1-2-4-9(7,8)10/h1-2H2,(H,5,6)(H3,4,7,8,10). The zero-order chi connectivity index (χ0) is 8.20. The predicted octanol–water partition coefficient (Wildman–Crippen LogP) is -0.740. The van der Waals surface area contributed by atoms with Crippen LogP contribution in [0, 0.1) is 0 Å². The highest BCUT2D eigenvalue weighted by molar-refractivity contribution is 8.08. The van der Waals surface area contributed by atoms with Gasteiger partial charge in [0, 0.05) is 6.54 Å². The average Bonchev–Trinajstić information content (AvgIpc) is 1.59. The van der Waals surface area contributed by atoms with E-state index in [2.05, 4.69) is 16.9 Å². The van der Waals surface area contributed by atoms with Crippen molar-refractivity contribution in [1.29, 1.82) is 0 Å². The molecule has 0 radical (unpaired) electrons. The summed E-state index contributed by atoms with van der Waals surface area (Å²) in [6, 6.07) is 0. The summed E-state index contributed by atoms with van der Waals surface area (Å²) in [5.74, 6) is -1.00. The lowest BCUT2D eigenvalue weighted by molar-refractivity contribution is -0.136. The van der Waals surface area contributed by atoms with Crippen LogP contribution in [0.1, 0.15) is 6.42 Å². The van der Waals surface area contributed by atoms with Crippen molar-refractivity contribution in [3.63, 3.8) is 0 Å². The van der Waals surface area contributed by atoms with E-state index >= 15 is 0 Å². The number of carbonyl (C=O) groups is 1. The van der Waals surface area contributed by atoms with E-state index < -0.39 is 12.6 Å². The Morgan fingerprint density at radius 3 is 2.40 bits per heavy atom. The van der Waals surface area contributed by atoms with E-state index in [0.29, 0.717) is 0 Å². The highest BCUT2D eigenvalue weighted by Crippen LogP contribution is 2.27. The van der Waals surface area contributed by atoms with Crippen LogP contribution in [0.3, 0.4) is 0 Å². The van der Waals surface area contributed by atoms with Gasteiger partial charge in [0.2, 0.25) is 0 Å². The van der Waals surface area contributed by atoms with Crippen molar-refractivity contribution < 1.29 is 19.7 Å². The van der Waals surface area contributed by atoms with E-state index in [9.17, 15) is 4.79 Å². The molecule has 5 nitrogen and oxygen atoms in total. The van der Waals surface area contributed by atoms with Crippen LogP contribution in [0.15, 0.2) is 0 Å². The van der Waals surface area contributed by atoms with E-state index in [1.54, 1.807) is 0 Å². The van der Waals surface area contributed by atoms with Crippen molar-refractivity contribution in [2.24, 2.45) is 0 Å². The van der Waals surface area contributed by atoms with Gasteiger partial charge >= 0.3 is 5.97 Å². The highest BCUT2D eigenvalue weighted by Gasteiger charge is 2.05. The Morgan fingerprint density at radius 1 is 1.60 bits per heavy atom. The van der Waals surface area contributed by atoms with Crippen LogP contribution in [0.4, 0.5) is 0 Å². The summed E-state index contributed by atoms with van der Waals surface area (Å²) in [5.41, 5.74) is 0. The normalized spacial score (nSPS) is 11.4. The van der Waals surface area contributed by atoms with Crippen molar-refractivity contribution >= 4 is 24.4 Å². The van der Waals surface area contributed by atoms with Crippen LogP contribution in [-0.4, -0.2) is 27.4 Å². The zero-order valence-corrected chi connectivity index (χ0v) is 6.73. The van der Waals surface area contributed by atoms with Crippen LogP contribution in [0.25, 0.3) is 0 Å². The van der Waals surface area contributed by atoms with E-state index in [0.717, 1.165) is 0 Å². The Balaban J connectivity index is 3.39. The number of aliphatic carboxylic acids is 1. The maximum absolute atomic E-state index is 9.86. The quantitative estimate of drug-likeness (QED) is 0.431. The molecule has 7 heteroatoms. The predicted molar refractivity (Wildman–Crippen MR) is 39.0 cm³/mol. The first kappa shape index (κ1) is 10.0. The molecule has 0 aromatic heterocycles. The number of carboxylic acids is 1. The third-order valence-corrected chi connectivity index (χ3v) is 1.68. The second-order valence-corrected chi connectivity index (χ2v) is 4.53. The third-order valence-electron chi connectivity index (χ3n) is 0.657. The Kier molecular flexibility index (Phi) is 4.00. The van der Waals surface area contributed by atoms with Gasteiger partial charge < -0.3 is 14.9 Å². The molecule has 0 aromatic carbocycles. The van der Waals surface area contributed by atoms with Gasteiger partial charge in [-0.05, 0) is 11.8 Å². The maximum atomic E-state index is 9.86. The molecule has 0 unspecified atom stereocenters. The number of hydrogen-bond donors (Lipinski definition) is 4. The van der Waals surface area contributed by atoms with Gasteiger partial charge in [0.1, 0.15) is 0 Å². The van der Waals surface area contributed by atoms with Crippen LogP contribution in [-0.2, 0) is 16.6 Å². The molecule has 0 aliphatic carbocycles. The van der Waals surface area contributed by atoms with Crippen molar-refractivity contribution in [3.05, 3.63) is 0 Å². The van der Waals surface area contributed by atoms with Gasteiger partial charge in [-0.15, -0.1) is 0 Å². The Hall–Kier alpha value is -0.0000000000000000833. The lowest BCUT2D eigenvalue weighted by atomic mass is 10.5. The topological polar surface area (TPSA) is 89.8 Å². The molecule has 0 aliphatic rings. The number of carboxylic acid groups (broad SMARTS) is 1. The second kappa shape index (κ2) is 4.00. The molecule has 10 heavy (non-hydrogen) atoms. The first-order valence-electron chi connectivity index (χ1n) is 2.44. The second-order valence-electron chi connectivity index (χ2n) is 1.60. The molecule has 0 amide bonds. The lowest BCUT2D eigenvalue weighted by Crippen LogP contribution is -2.14. The van der Waals surface area contributed by atoms with Gasteiger partial charge in [-0.1, -0.05) is 0 Å². The van der Waals surface area contributed by atoms with E-state index in [1.165, 1.54) is 0 Å². The summed E-state index contributed by atoms with van der Waals surface area (Å²) >= 11 is 4.16. The molecule has 0 aliphatic heterocycles. The first-order chi connectivity index (χ1) is 4.42. The van der Waals surface area contributed by atoms with Crippen LogP contribution < -0.4 is 5.09 Å². The Bertz CT molecular complexity index is 166. The average molecular weight is 185 g/mol. The summed E-state index contributed by atoms with van der Waals surface area (Å²) < 4.78 is 0. The molecule has 60 valence electrons. The van der Waals surface area contributed by atoms with Crippen LogP contribution in [0.2, 0.25) is 0 Å². The van der Waals surface area contributed by atoms with Gasteiger partial charge in [0.05, 0.1) is 6.42 Å². The van der Waals surface area contributed by atoms with Gasteiger partial charge in [-0.2, -0.15) is 0 Å². The number of hydrogen-bond acceptors (Lipinski definition) is 2. The van der Waals surface area contributed by atoms with Crippen molar-refractivity contribution in [2.75, 3.05) is 6.54 Å². The van der Waals surface area contributed by atoms with E-state index in [1.807, 2.05) is 0 Å². The van der Waals surface area contributed by atoms with Crippen LogP contribution in [0.5, 0.6) is 0 Å². The fourth-order valence-electron chi connectivity index (χ4n) is 0.308. The third kappa shape index (κ3) is 8.00. The molecule has 0 atom stereocenters. The fraction of sp³-hybridized carbons (Fsp3) is 0.667. The molecule has 0 rings (SSSR count). The Labute approximate surface area is 62.9 Å². The van der Waals surface area contributed by atoms with Gasteiger partial charge in [-0.3, -0.25) is 4.79 Å². The van der Waals surface area contributed by atoms with Crippen LogP contribution >= 0.6 is 6.64 Å². The smallest absolute Gasteiger partial charge is 0.304 e. The molecule has 0 bridgehead atoms. The molecule has 0 spiro atoms. The largest absolute Gasteiger partial charge is 0.481 e. The van der Waals surface area contributed by atoms with Crippen molar-refractivity contribution in [2.45, 2.75) is 6.42 Å². The Morgan fingerprint density at radius 2 is 2.10 bits per heavy atom. The minimum absolute atomic E-state index is 0.0143. The zero-order valence-electron chi connectivity index (χ0n) is 5.02. The molecular weight excluding hydrogens is 177 g/mol. The molecule has 0 fully saturated rings. The molecule has 0 heterocycles. The summed E-state index contributed by atoms with van der Waals surface area (Å²) in [6.07, 6.45) is -0.167. The maximum Gasteiger partial charge on any atom is 0.304 e. The van der Waals surface area contributed by atoms with E-state index in [4.69, 9.17) is 14.9 Å². The fourth-order valence-corrected chi connectivity index (χ4v) is 0.985. The van der Waals surface area contributed by atoms with Gasteiger partial charge in [0.15, 0.2) is 0 Å². The van der Waals surface area contributed by atoms with Gasteiger partial charge in [0.25, 0.3) is 6.64 Å². The lowest BCUT2D eigenvalue weighted by Gasteiger charge is -2.06. The van der Waals surface area contributed by atoms with Crippen molar-refractivity contribution in [3.8, 4) is 0 Å². The summed E-state index contributed by atoms with van der Waals surface area (Å²) in [6.45, 7) is -3.42. The minimum Gasteiger partial charge on any atom is -0.481 e. The molecule has 0 saturated carbocycles. The first-order valence-corrected chi connectivity index (χ1v) is 5.15. The van der Waals surface area contributed by atoms with Crippen molar-refractivity contribution in [1.82, 2.24) is 5.09 Å². The number of rotatable bonds is 4. The molecular formula is C3H8NO4PS. The number of nitrogens with one attached hydrogen (secondary N) is 1. The summed E-state index contributed by atoms with van der Waals surface area (Å²) in [4.78, 5) is 26.9. The molecule has 0 aromatic rings. The van der Waals surface area contributed by atoms with E-state index in [-0.39, 0.29) is 13.0 Å².